The van der Waals surface area contributed by atoms with Crippen LogP contribution in [0.25, 0.3) is 0 Å². The lowest BCUT2D eigenvalue weighted by atomic mass is 10.1. The smallest absolute Gasteiger partial charge is 0.144 e. The zero-order chi connectivity index (χ0) is 14.6. The molecule has 0 amide bonds. The molecular weight excluding hydrogens is 312 g/mol. The van der Waals surface area contributed by atoms with E-state index >= 15 is 0 Å². The molecule has 0 aliphatic heterocycles. The van der Waals surface area contributed by atoms with Crippen LogP contribution in [0.3, 0.4) is 0 Å². The summed E-state index contributed by atoms with van der Waals surface area (Å²) in [6, 6.07) is 2.72. The Kier molecular flexibility index (Phi) is 6.40. The summed E-state index contributed by atoms with van der Waals surface area (Å²) in [7, 11) is 0. The first kappa shape index (κ1) is 16.6. The fourth-order valence-electron chi connectivity index (χ4n) is 2.17. The Bertz CT molecular complexity index is 409. The van der Waals surface area contributed by atoms with Crippen LogP contribution in [0.1, 0.15) is 33.3 Å². The molecule has 0 fully saturated rings. The molecule has 0 spiro atoms. The topological polar surface area (TPSA) is 3.24 Å². The average molecular weight is 334 g/mol. The Hall–Kier alpha value is -0.480. The lowest BCUT2D eigenvalue weighted by Gasteiger charge is -2.26. The van der Waals surface area contributed by atoms with Gasteiger partial charge in [-0.05, 0) is 39.9 Å². The van der Waals surface area contributed by atoms with Crippen molar-refractivity contribution in [3.05, 3.63) is 33.8 Å². The van der Waals surface area contributed by atoms with Gasteiger partial charge in [0.15, 0.2) is 0 Å². The zero-order valence-electron chi connectivity index (χ0n) is 12.0. The summed E-state index contributed by atoms with van der Waals surface area (Å²) in [5, 5.41) is 0. The molecule has 0 radical (unpaired) electrons. The van der Waals surface area contributed by atoms with Crippen molar-refractivity contribution in [1.82, 2.24) is 4.90 Å². The van der Waals surface area contributed by atoms with Crippen molar-refractivity contribution < 1.29 is 8.78 Å². The number of hydrogen-bond acceptors (Lipinski definition) is 1. The predicted molar refractivity (Wildman–Crippen MR) is 79.0 cm³/mol. The minimum atomic E-state index is -0.488. The van der Waals surface area contributed by atoms with Gasteiger partial charge in [-0.2, -0.15) is 0 Å². The molecular formula is C15H22BrF2N. The normalized spacial score (nSPS) is 11.9. The highest BCUT2D eigenvalue weighted by molar-refractivity contribution is 9.10. The van der Waals surface area contributed by atoms with Gasteiger partial charge in [-0.15, -0.1) is 0 Å². The Morgan fingerprint density at radius 2 is 1.58 bits per heavy atom. The molecule has 1 rings (SSSR count). The summed E-state index contributed by atoms with van der Waals surface area (Å²) < 4.78 is 28.1. The highest BCUT2D eigenvalue weighted by atomic mass is 79.9. The Labute approximate surface area is 123 Å². The molecule has 1 aromatic rings. The lowest BCUT2D eigenvalue weighted by molar-refractivity contribution is 0.206. The van der Waals surface area contributed by atoms with Gasteiger partial charge in [-0.1, -0.05) is 27.7 Å². The summed E-state index contributed by atoms with van der Waals surface area (Å²) in [5.41, 5.74) is 0.149. The fraction of sp³-hybridized carbons (Fsp3) is 0.600. The molecule has 1 aromatic carbocycles. The van der Waals surface area contributed by atoms with Gasteiger partial charge in [-0.25, -0.2) is 8.78 Å². The summed E-state index contributed by atoms with van der Waals surface area (Å²) >= 11 is 3.11. The average Bonchev–Trinajstić information content (AvgIpc) is 2.28. The first-order valence-corrected chi connectivity index (χ1v) is 7.45. The van der Waals surface area contributed by atoms with E-state index in [4.69, 9.17) is 0 Å². The molecule has 0 aromatic heterocycles. The molecule has 0 heterocycles. The van der Waals surface area contributed by atoms with Crippen LogP contribution in [-0.2, 0) is 6.54 Å². The number of nitrogens with zero attached hydrogens (tertiary/aromatic N) is 1. The number of halogens is 3. The van der Waals surface area contributed by atoms with E-state index in [0.29, 0.717) is 22.9 Å². The van der Waals surface area contributed by atoms with Crippen molar-refractivity contribution in [2.24, 2.45) is 11.8 Å². The van der Waals surface area contributed by atoms with E-state index in [1.165, 1.54) is 12.1 Å². The van der Waals surface area contributed by atoms with Crippen molar-refractivity contribution in [1.29, 1.82) is 0 Å². The van der Waals surface area contributed by atoms with E-state index in [1.54, 1.807) is 0 Å². The number of rotatable bonds is 6. The minimum absolute atomic E-state index is 0.149. The molecule has 0 atom stereocenters. The summed E-state index contributed by atoms with van der Waals surface area (Å²) in [6.07, 6.45) is 0. The van der Waals surface area contributed by atoms with Crippen LogP contribution < -0.4 is 0 Å². The van der Waals surface area contributed by atoms with Crippen molar-refractivity contribution in [2.75, 3.05) is 13.1 Å². The molecule has 108 valence electrons. The van der Waals surface area contributed by atoms with Gasteiger partial charge in [0.05, 0.1) is 4.47 Å². The Morgan fingerprint density at radius 3 is 2.05 bits per heavy atom. The minimum Gasteiger partial charge on any atom is -0.298 e. The van der Waals surface area contributed by atoms with Gasteiger partial charge < -0.3 is 0 Å². The fourth-order valence-corrected chi connectivity index (χ4v) is 2.55. The molecule has 0 N–H and O–H groups in total. The molecule has 19 heavy (non-hydrogen) atoms. The van der Waals surface area contributed by atoms with Crippen LogP contribution in [0.2, 0.25) is 0 Å². The van der Waals surface area contributed by atoms with Crippen LogP contribution in [0.15, 0.2) is 16.6 Å². The summed E-state index contributed by atoms with van der Waals surface area (Å²) in [4.78, 5) is 2.11. The van der Waals surface area contributed by atoms with Gasteiger partial charge in [0.25, 0.3) is 0 Å². The third-order valence-corrected chi connectivity index (χ3v) is 3.38. The van der Waals surface area contributed by atoms with Crippen molar-refractivity contribution >= 4 is 15.9 Å². The summed E-state index contributed by atoms with van der Waals surface area (Å²) in [5.74, 6) is -0.0234. The highest BCUT2D eigenvalue weighted by Gasteiger charge is 2.17. The van der Waals surface area contributed by atoms with Crippen LogP contribution in [-0.4, -0.2) is 18.0 Å². The lowest BCUT2D eigenvalue weighted by Crippen LogP contribution is -2.31. The zero-order valence-corrected chi connectivity index (χ0v) is 13.6. The molecule has 1 nitrogen and oxygen atoms in total. The van der Waals surface area contributed by atoms with Gasteiger partial charge >= 0.3 is 0 Å². The molecule has 0 saturated heterocycles. The van der Waals surface area contributed by atoms with E-state index < -0.39 is 11.6 Å². The van der Waals surface area contributed by atoms with Crippen molar-refractivity contribution in [2.45, 2.75) is 34.2 Å². The standard InChI is InChI=1S/C15H22BrF2N/c1-10(2)7-19(8-11(3)4)9-12-14(17)6-5-13(16)15(12)18/h5-6,10-11H,7-9H2,1-4H3. The third kappa shape index (κ3) is 5.19. The molecule has 0 saturated carbocycles. The second-order valence-electron chi connectivity index (χ2n) is 5.80. The van der Waals surface area contributed by atoms with Gasteiger partial charge in [0, 0.05) is 25.2 Å². The van der Waals surface area contributed by atoms with E-state index in [0.717, 1.165) is 13.1 Å². The molecule has 4 heteroatoms. The van der Waals surface area contributed by atoms with Crippen LogP contribution in [0.5, 0.6) is 0 Å². The maximum Gasteiger partial charge on any atom is 0.144 e. The number of hydrogen-bond donors (Lipinski definition) is 0. The second kappa shape index (κ2) is 7.34. The van der Waals surface area contributed by atoms with Crippen molar-refractivity contribution in [3.63, 3.8) is 0 Å². The van der Waals surface area contributed by atoms with Crippen LogP contribution in [0.4, 0.5) is 8.78 Å². The molecule has 0 aliphatic carbocycles. The quantitative estimate of drug-likeness (QED) is 0.673. The van der Waals surface area contributed by atoms with Gasteiger partial charge in [0.1, 0.15) is 11.6 Å². The first-order valence-electron chi connectivity index (χ1n) is 6.66. The van der Waals surface area contributed by atoms with Crippen LogP contribution >= 0.6 is 15.9 Å². The number of benzene rings is 1. The maximum atomic E-state index is 14.0. The Morgan fingerprint density at radius 1 is 1.05 bits per heavy atom. The first-order chi connectivity index (χ1) is 8.81. The summed E-state index contributed by atoms with van der Waals surface area (Å²) in [6.45, 7) is 10.4. The monoisotopic (exact) mass is 333 g/mol. The second-order valence-corrected chi connectivity index (χ2v) is 6.66. The predicted octanol–water partition coefficient (Wildman–Crippen LogP) is 4.84. The highest BCUT2D eigenvalue weighted by Crippen LogP contribution is 2.23. The van der Waals surface area contributed by atoms with E-state index in [1.807, 2.05) is 0 Å². The van der Waals surface area contributed by atoms with Gasteiger partial charge in [0.2, 0.25) is 0 Å². The largest absolute Gasteiger partial charge is 0.298 e. The molecule has 0 unspecified atom stereocenters. The molecule has 0 aliphatic rings. The van der Waals surface area contributed by atoms with Crippen molar-refractivity contribution in [3.8, 4) is 0 Å². The maximum absolute atomic E-state index is 14.0. The van der Waals surface area contributed by atoms with E-state index in [-0.39, 0.29) is 5.56 Å². The van der Waals surface area contributed by atoms with Gasteiger partial charge in [-0.3, -0.25) is 4.90 Å². The SMILES string of the molecule is CC(C)CN(Cc1c(F)ccc(Br)c1F)CC(C)C. The van der Waals surface area contributed by atoms with Crippen LogP contribution in [0, 0.1) is 23.5 Å². The van der Waals surface area contributed by atoms with E-state index in [2.05, 4.69) is 48.5 Å². The Balaban J connectivity index is 2.92. The molecule has 0 bridgehead atoms. The third-order valence-electron chi connectivity index (χ3n) is 2.77. The van der Waals surface area contributed by atoms with E-state index in [9.17, 15) is 8.78 Å².